The van der Waals surface area contributed by atoms with Crippen LogP contribution < -0.4 is 9.47 Å². The molecular weight excluding hydrogens is 1030 g/mol. The van der Waals surface area contributed by atoms with Crippen LogP contribution in [0, 0.1) is 13.8 Å². The van der Waals surface area contributed by atoms with Gasteiger partial charge in [-0.25, -0.2) is 4.79 Å². The molecule has 13 heteroatoms. The maximum atomic E-state index is 12.9. The van der Waals surface area contributed by atoms with Gasteiger partial charge in [0.2, 0.25) is 11.8 Å². The van der Waals surface area contributed by atoms with E-state index in [0.29, 0.717) is 18.9 Å². The summed E-state index contributed by atoms with van der Waals surface area (Å²) >= 11 is 0. The first-order valence-electron chi connectivity index (χ1n) is 28.6. The van der Waals surface area contributed by atoms with Crippen LogP contribution in [0.2, 0.25) is 0 Å². The highest BCUT2D eigenvalue weighted by atomic mass is 16.6. The second-order valence-electron chi connectivity index (χ2n) is 21.8. The number of nitrogens with one attached hydrogen (secondary N) is 2. The lowest BCUT2D eigenvalue weighted by Gasteiger charge is -2.26. The topological polar surface area (TPSA) is 146 Å². The average molecular weight is 1120 g/mol. The number of allylic oxidation sites excluding steroid dienone is 3. The molecular formula is C70H81N7O6. The molecule has 2 heterocycles. The summed E-state index contributed by atoms with van der Waals surface area (Å²) in [6.07, 6.45) is 14.5. The molecule has 8 rings (SSSR count). The Balaban J connectivity index is 0.000000242. The number of unbranched alkanes of at least 4 members (excludes halogenated alkanes) is 2. The van der Waals surface area contributed by atoms with Gasteiger partial charge in [-0.05, 0) is 188 Å². The van der Waals surface area contributed by atoms with Gasteiger partial charge < -0.3 is 28.9 Å². The molecule has 0 radical (unpaired) electrons. The van der Waals surface area contributed by atoms with Crippen molar-refractivity contribution in [3.05, 3.63) is 215 Å². The highest BCUT2D eigenvalue weighted by Gasteiger charge is 2.22. The number of rotatable bonds is 22. The first kappa shape index (κ1) is 61.6. The van der Waals surface area contributed by atoms with E-state index in [1.807, 2.05) is 51.4 Å². The Hall–Kier alpha value is -8.97. The molecule has 0 aliphatic carbocycles. The minimum Gasteiger partial charge on any atom is -0.494 e. The zero-order chi connectivity index (χ0) is 59.5. The van der Waals surface area contributed by atoms with Gasteiger partial charge in [0.15, 0.2) is 0 Å². The third kappa shape index (κ3) is 17.3. The number of aromatic nitrogens is 4. The highest BCUT2D eigenvalue weighted by molar-refractivity contribution is 6.02. The largest absolute Gasteiger partial charge is 0.494 e. The smallest absolute Gasteiger partial charge is 0.410 e. The van der Waals surface area contributed by atoms with Gasteiger partial charge >= 0.3 is 6.09 Å². The predicted molar refractivity (Wildman–Crippen MR) is 338 cm³/mol. The van der Waals surface area contributed by atoms with Crippen molar-refractivity contribution >= 4 is 62.0 Å². The van der Waals surface area contributed by atoms with E-state index in [2.05, 4.69) is 169 Å². The predicted octanol–water partition coefficient (Wildman–Crippen LogP) is 14.9. The zero-order valence-electron chi connectivity index (χ0n) is 50.2. The number of nitrogens with zero attached hydrogens (tertiary/aromatic N) is 5. The van der Waals surface area contributed by atoms with Crippen molar-refractivity contribution in [1.29, 1.82) is 0 Å². The standard InChI is InChI=1S/C37H44N4O4.C33H37N3O2/c1-8-31(32-13-10-9-12-26(32)2)35(28-17-20-33-29(24-28)25-38-39-33)27-15-18-30(19-16-27)44-23-22-41(36(43)45-37(3,4)5)21-11-14-34(42)40(6)7;1-5-29(30-13-10-9-12-24(30)2)33(26-17-20-31-27(22-26)23-34-35-31)25-15-18-28(19-16-25)38-21-11-7-6-8-14-32(37)36(3)4/h9-20,24-25H,8,21-23H2,1-7H3,(H,38,39);8-10,12-20,22-23H,5-7,11,21H2,1-4H3,(H,34,35)/b14-11+,35-31+;14-8+,33-29+. The molecule has 0 saturated carbocycles. The van der Waals surface area contributed by atoms with Gasteiger partial charge in [-0.1, -0.05) is 111 Å². The third-order valence-electron chi connectivity index (χ3n) is 14.0. The maximum absolute atomic E-state index is 12.9. The van der Waals surface area contributed by atoms with Crippen molar-refractivity contribution in [1.82, 2.24) is 35.1 Å². The second kappa shape index (κ2) is 29.7. The van der Waals surface area contributed by atoms with E-state index in [-0.39, 0.29) is 25.0 Å². The van der Waals surface area contributed by atoms with Crippen molar-refractivity contribution in [2.75, 3.05) is 54.5 Å². The van der Waals surface area contributed by atoms with Crippen molar-refractivity contribution in [3.8, 4) is 11.5 Å². The summed E-state index contributed by atoms with van der Waals surface area (Å²) in [6, 6.07) is 46.5. The number of ether oxygens (including phenoxy) is 3. The molecule has 432 valence electrons. The number of hydrogen-bond donors (Lipinski definition) is 2. The SMILES string of the molecule is CC/C(=C(/c1ccc(OCCCC/C=C/C(=O)N(C)C)cc1)c1ccc2[nH]ncc2c1)c1ccccc1C.CC/C(=C(/c1ccc(OCCN(C/C=C/C(=O)N(C)C)C(=O)OC(C)(C)C)cc1)c1ccc2[nH]ncc2c1)c1ccccc1C. The molecule has 0 aliphatic heterocycles. The Morgan fingerprint density at radius 3 is 1.45 bits per heavy atom. The number of aryl methyl sites for hydroxylation is 2. The number of aromatic amines is 2. The molecule has 8 aromatic rings. The maximum Gasteiger partial charge on any atom is 0.410 e. The Labute approximate surface area is 490 Å². The van der Waals surface area contributed by atoms with Crippen LogP contribution in [0.4, 0.5) is 4.79 Å². The van der Waals surface area contributed by atoms with Crippen LogP contribution in [0.3, 0.4) is 0 Å². The first-order valence-corrected chi connectivity index (χ1v) is 28.6. The van der Waals surface area contributed by atoms with Gasteiger partial charge in [0.25, 0.3) is 0 Å². The number of fused-ring (bicyclic) bond motifs is 2. The average Bonchev–Trinajstić information content (AvgIpc) is 4.14. The number of carbonyl (C=O) groups is 3. The zero-order valence-corrected chi connectivity index (χ0v) is 50.2. The Morgan fingerprint density at radius 2 is 1.00 bits per heavy atom. The highest BCUT2D eigenvalue weighted by Crippen LogP contribution is 2.39. The fourth-order valence-electron chi connectivity index (χ4n) is 9.66. The minimum absolute atomic E-state index is 0.0214. The van der Waals surface area contributed by atoms with Gasteiger partial charge in [-0.2, -0.15) is 10.2 Å². The van der Waals surface area contributed by atoms with Gasteiger partial charge in [0.05, 0.1) is 36.6 Å². The summed E-state index contributed by atoms with van der Waals surface area (Å²) in [4.78, 5) is 41.0. The van der Waals surface area contributed by atoms with Gasteiger partial charge in [-0.3, -0.25) is 19.8 Å². The van der Waals surface area contributed by atoms with Gasteiger partial charge in [0.1, 0.15) is 23.7 Å². The number of carbonyl (C=O) groups excluding carboxylic acids is 3. The number of H-pyrrole nitrogens is 2. The van der Waals surface area contributed by atoms with E-state index >= 15 is 0 Å². The summed E-state index contributed by atoms with van der Waals surface area (Å²) < 4.78 is 17.7. The summed E-state index contributed by atoms with van der Waals surface area (Å²) in [5.74, 6) is 1.43. The molecule has 2 aromatic heterocycles. The lowest BCUT2D eigenvalue weighted by molar-refractivity contribution is -0.124. The van der Waals surface area contributed by atoms with E-state index in [1.54, 1.807) is 45.2 Å². The van der Waals surface area contributed by atoms with Crippen LogP contribution in [0.25, 0.3) is 44.1 Å². The number of likely N-dealkylation sites (N-methyl/N-ethyl adjacent to an activating group) is 2. The number of hydrogen-bond acceptors (Lipinski definition) is 8. The quantitative estimate of drug-likeness (QED) is 0.0388. The van der Waals surface area contributed by atoms with E-state index in [9.17, 15) is 14.4 Å². The molecule has 13 nitrogen and oxygen atoms in total. The minimum atomic E-state index is -0.641. The third-order valence-corrected chi connectivity index (χ3v) is 14.0. The van der Waals surface area contributed by atoms with Crippen LogP contribution >= 0.6 is 0 Å². The Bertz CT molecular complexity index is 3580. The Morgan fingerprint density at radius 1 is 0.554 bits per heavy atom. The van der Waals surface area contributed by atoms with Crippen molar-refractivity contribution in [2.45, 2.75) is 86.2 Å². The van der Waals surface area contributed by atoms with E-state index in [4.69, 9.17) is 14.2 Å². The molecule has 83 heavy (non-hydrogen) atoms. The fraction of sp³-hybridized carbons (Fsp3) is 0.300. The molecule has 0 bridgehead atoms. The van der Waals surface area contributed by atoms with Crippen LogP contribution in [-0.2, 0) is 14.3 Å². The molecule has 2 N–H and O–H groups in total. The molecule has 3 amide bonds. The van der Waals surface area contributed by atoms with Crippen LogP contribution in [0.1, 0.15) is 111 Å². The van der Waals surface area contributed by atoms with E-state index in [0.717, 1.165) is 81.9 Å². The molecule has 0 unspecified atom stereocenters. The summed E-state index contributed by atoms with van der Waals surface area (Å²) in [5, 5.41) is 16.7. The summed E-state index contributed by atoms with van der Waals surface area (Å²) in [5.41, 5.74) is 15.9. The van der Waals surface area contributed by atoms with Crippen LogP contribution in [0.5, 0.6) is 11.5 Å². The van der Waals surface area contributed by atoms with Gasteiger partial charge in [0, 0.05) is 51.6 Å². The molecule has 0 aliphatic rings. The molecule has 0 saturated heterocycles. The monoisotopic (exact) mass is 1120 g/mol. The van der Waals surface area contributed by atoms with E-state index < -0.39 is 11.7 Å². The first-order chi connectivity index (χ1) is 39.9. The number of amides is 3. The normalized spacial score (nSPS) is 12.2. The van der Waals surface area contributed by atoms with Crippen molar-refractivity contribution in [2.24, 2.45) is 0 Å². The summed E-state index contributed by atoms with van der Waals surface area (Å²) in [7, 11) is 6.88. The van der Waals surface area contributed by atoms with E-state index in [1.165, 1.54) is 60.4 Å². The molecule has 0 fully saturated rings. The molecule has 0 atom stereocenters. The van der Waals surface area contributed by atoms with Crippen molar-refractivity contribution < 1.29 is 28.6 Å². The lowest BCUT2D eigenvalue weighted by Crippen LogP contribution is -2.39. The fourth-order valence-corrected chi connectivity index (χ4v) is 9.66. The van der Waals surface area contributed by atoms with Crippen LogP contribution in [-0.4, -0.2) is 113 Å². The molecule has 0 spiro atoms. The number of benzene rings is 6. The Kier molecular flexibility index (Phi) is 22.0. The molecule has 6 aromatic carbocycles. The van der Waals surface area contributed by atoms with Crippen molar-refractivity contribution in [3.63, 3.8) is 0 Å². The van der Waals surface area contributed by atoms with Crippen LogP contribution in [0.15, 0.2) is 170 Å². The summed E-state index contributed by atoms with van der Waals surface area (Å²) in [6.45, 7) is 15.6. The second-order valence-corrected chi connectivity index (χ2v) is 21.8. The van der Waals surface area contributed by atoms with Gasteiger partial charge in [-0.15, -0.1) is 0 Å². The lowest BCUT2D eigenvalue weighted by atomic mass is 9.86.